The molecule has 3 aromatic heterocycles. The molecule has 256 valence electrons. The van der Waals surface area contributed by atoms with Crippen molar-refractivity contribution >= 4 is 28.6 Å². The molecule has 1 saturated carbocycles. The highest BCUT2D eigenvalue weighted by Crippen LogP contribution is 2.43. The zero-order valence-corrected chi connectivity index (χ0v) is 27.1. The number of nitrogens with one attached hydrogen (secondary N) is 1. The predicted octanol–water partition coefficient (Wildman–Crippen LogP) is 5.18. The number of alkyl halides is 3. The van der Waals surface area contributed by atoms with Gasteiger partial charge < -0.3 is 24.3 Å². The number of rotatable bonds is 11. The molecule has 1 saturated heterocycles. The number of imidazole rings is 1. The van der Waals surface area contributed by atoms with Gasteiger partial charge in [0.25, 0.3) is 0 Å². The Kier molecular flexibility index (Phi) is 9.52. The van der Waals surface area contributed by atoms with E-state index in [4.69, 9.17) is 9.47 Å². The monoisotopic (exact) mass is 670 g/mol. The molecule has 2 aliphatic rings. The third-order valence-electron chi connectivity index (χ3n) is 9.05. The van der Waals surface area contributed by atoms with Crippen LogP contribution in [0.5, 0.6) is 0 Å². The number of aromatic nitrogens is 5. The zero-order valence-electron chi connectivity index (χ0n) is 27.1. The second-order valence-electron chi connectivity index (χ2n) is 12.5. The molecule has 0 amide bonds. The largest absolute Gasteiger partial charge is 0.465 e. The first-order valence-electron chi connectivity index (χ1n) is 15.9. The van der Waals surface area contributed by atoms with Gasteiger partial charge in [0.2, 0.25) is 0 Å². The lowest BCUT2D eigenvalue weighted by Crippen LogP contribution is -2.48. The van der Waals surface area contributed by atoms with Gasteiger partial charge in [0.1, 0.15) is 22.8 Å². The van der Waals surface area contributed by atoms with Gasteiger partial charge in [0, 0.05) is 57.9 Å². The summed E-state index contributed by atoms with van der Waals surface area (Å²) in [6.45, 7) is 6.29. The van der Waals surface area contributed by atoms with Crippen molar-refractivity contribution in [3.63, 3.8) is 0 Å². The Bertz CT molecular complexity index is 1750. The number of nitrogens with zero attached hydrogens (tertiary/aromatic N) is 7. The molecule has 15 heteroatoms. The van der Waals surface area contributed by atoms with Crippen LogP contribution in [0.4, 0.5) is 29.1 Å². The number of pyridine rings is 1. The van der Waals surface area contributed by atoms with Gasteiger partial charge in [0.05, 0.1) is 49.1 Å². The SMILES string of the molecule is CCOC(=O)CN1CCN(c2cnc(-c3nc4nc(-c5cc(F)cc(C(F)(F)F)c5)cc(N(C)CC5(COC)CCC5)c4[nH]3)cn2)CC1. The van der Waals surface area contributed by atoms with Gasteiger partial charge in [-0.3, -0.25) is 9.69 Å². The molecular formula is C33H38F4N8O3. The smallest absolute Gasteiger partial charge is 0.416 e. The topological polar surface area (TPSA) is 113 Å². The molecule has 48 heavy (non-hydrogen) atoms. The summed E-state index contributed by atoms with van der Waals surface area (Å²) in [7, 11) is 3.58. The number of esters is 1. The summed E-state index contributed by atoms with van der Waals surface area (Å²) < 4.78 is 65.8. The van der Waals surface area contributed by atoms with Crippen LogP contribution in [0.3, 0.4) is 0 Å². The molecule has 0 unspecified atom stereocenters. The molecule has 0 spiro atoms. The van der Waals surface area contributed by atoms with Crippen molar-refractivity contribution in [2.45, 2.75) is 32.4 Å². The lowest BCUT2D eigenvalue weighted by molar-refractivity contribution is -0.144. The number of fused-ring (bicyclic) bond motifs is 1. The van der Waals surface area contributed by atoms with Crippen molar-refractivity contribution in [3.8, 4) is 22.8 Å². The van der Waals surface area contributed by atoms with Gasteiger partial charge in [-0.05, 0) is 44.0 Å². The average Bonchev–Trinajstić information content (AvgIpc) is 3.47. The average molecular weight is 671 g/mol. The van der Waals surface area contributed by atoms with E-state index in [1.54, 1.807) is 32.5 Å². The van der Waals surface area contributed by atoms with Crippen molar-refractivity contribution in [2.75, 3.05) is 76.4 Å². The second-order valence-corrected chi connectivity index (χ2v) is 12.5. The van der Waals surface area contributed by atoms with Crippen LogP contribution in [0.25, 0.3) is 33.9 Å². The Morgan fingerprint density at radius 3 is 2.44 bits per heavy atom. The number of carbonyl (C=O) groups excluding carboxylic acids is 1. The summed E-state index contributed by atoms with van der Waals surface area (Å²) in [5.74, 6) is -0.185. The molecule has 1 aromatic carbocycles. The summed E-state index contributed by atoms with van der Waals surface area (Å²) in [5, 5.41) is 0. The molecule has 1 aliphatic heterocycles. The maximum atomic E-state index is 14.5. The number of anilines is 2. The standard InChI is InChI=1S/C33H38F4N8O3/c1-4-48-28(46)18-44-8-10-45(11-9-44)27-17-38-25(16-39-27)30-41-29-26(43(2)19-32(20-47-3)6-5-7-32)15-24(40-31(29)42-30)21-12-22(33(35,36)37)14-23(34)13-21/h12-17H,4-11,18-20H2,1-3H3,(H,40,41,42). The van der Waals surface area contributed by atoms with Crippen LogP contribution in [0, 0.1) is 11.2 Å². The molecule has 0 radical (unpaired) electrons. The Labute approximate surface area is 275 Å². The molecule has 11 nitrogen and oxygen atoms in total. The summed E-state index contributed by atoms with van der Waals surface area (Å²) in [4.78, 5) is 39.8. The third-order valence-corrected chi connectivity index (χ3v) is 9.05. The van der Waals surface area contributed by atoms with Gasteiger partial charge >= 0.3 is 12.1 Å². The van der Waals surface area contributed by atoms with Crippen LogP contribution in [-0.2, 0) is 20.4 Å². The number of H-pyrrole nitrogens is 1. The fraction of sp³-hybridized carbons (Fsp3) is 0.485. The molecule has 0 atom stereocenters. The number of hydrogen-bond donors (Lipinski definition) is 1. The molecule has 4 aromatic rings. The molecule has 4 heterocycles. The minimum Gasteiger partial charge on any atom is -0.465 e. The van der Waals surface area contributed by atoms with Gasteiger partial charge in [-0.25, -0.2) is 24.3 Å². The summed E-state index contributed by atoms with van der Waals surface area (Å²) in [6, 6.07) is 4.07. The Balaban J connectivity index is 1.30. The van der Waals surface area contributed by atoms with Crippen LogP contribution in [-0.4, -0.2) is 102 Å². The van der Waals surface area contributed by atoms with Crippen LogP contribution in [0.2, 0.25) is 0 Å². The fourth-order valence-corrected chi connectivity index (χ4v) is 6.49. The zero-order chi connectivity index (χ0) is 34.1. The predicted molar refractivity (Wildman–Crippen MR) is 172 cm³/mol. The molecular weight excluding hydrogens is 632 g/mol. The van der Waals surface area contributed by atoms with Crippen LogP contribution in [0.1, 0.15) is 31.7 Å². The molecule has 0 bridgehead atoms. The van der Waals surface area contributed by atoms with Crippen molar-refractivity contribution in [2.24, 2.45) is 5.41 Å². The molecule has 2 fully saturated rings. The third kappa shape index (κ3) is 7.21. The maximum absolute atomic E-state index is 14.5. The lowest BCUT2D eigenvalue weighted by atomic mass is 9.69. The van der Waals surface area contributed by atoms with E-state index in [0.717, 1.165) is 31.4 Å². The highest BCUT2D eigenvalue weighted by molar-refractivity contribution is 5.91. The van der Waals surface area contributed by atoms with Crippen molar-refractivity contribution in [1.82, 2.24) is 29.8 Å². The number of ether oxygens (including phenoxy) is 2. The number of hydrogen-bond acceptors (Lipinski definition) is 10. The van der Waals surface area contributed by atoms with E-state index in [0.29, 0.717) is 80.5 Å². The van der Waals surface area contributed by atoms with Crippen molar-refractivity contribution < 1.29 is 31.8 Å². The van der Waals surface area contributed by atoms with E-state index in [1.165, 1.54) is 0 Å². The van der Waals surface area contributed by atoms with E-state index in [2.05, 4.69) is 29.8 Å². The van der Waals surface area contributed by atoms with E-state index >= 15 is 0 Å². The molecule has 1 N–H and O–H groups in total. The first-order valence-corrected chi connectivity index (χ1v) is 15.9. The Morgan fingerprint density at radius 2 is 1.81 bits per heavy atom. The summed E-state index contributed by atoms with van der Waals surface area (Å²) in [5.41, 5.74) is 0.916. The first kappa shape index (κ1) is 33.5. The van der Waals surface area contributed by atoms with E-state index in [9.17, 15) is 22.4 Å². The quantitative estimate of drug-likeness (QED) is 0.169. The van der Waals surface area contributed by atoms with Crippen molar-refractivity contribution in [3.05, 3.63) is 48.0 Å². The number of aromatic amines is 1. The number of carbonyl (C=O) groups is 1. The number of piperazine rings is 1. The van der Waals surface area contributed by atoms with Gasteiger partial charge in [-0.2, -0.15) is 13.2 Å². The van der Waals surface area contributed by atoms with Crippen LogP contribution >= 0.6 is 0 Å². The number of halogens is 4. The minimum absolute atomic E-state index is 0.00910. The van der Waals surface area contributed by atoms with E-state index in [1.807, 2.05) is 16.8 Å². The Morgan fingerprint density at radius 1 is 1.04 bits per heavy atom. The number of methoxy groups -OCH3 is 1. The highest BCUT2D eigenvalue weighted by Gasteiger charge is 2.38. The van der Waals surface area contributed by atoms with Gasteiger partial charge in [-0.15, -0.1) is 0 Å². The number of benzene rings is 1. The molecule has 6 rings (SSSR count). The summed E-state index contributed by atoms with van der Waals surface area (Å²) >= 11 is 0. The fourth-order valence-electron chi connectivity index (χ4n) is 6.49. The Hall–Kier alpha value is -4.37. The maximum Gasteiger partial charge on any atom is 0.416 e. The normalized spacial score (nSPS) is 16.6. The van der Waals surface area contributed by atoms with Gasteiger partial charge in [-0.1, -0.05) is 6.42 Å². The van der Waals surface area contributed by atoms with Gasteiger partial charge in [0.15, 0.2) is 11.5 Å². The first-order chi connectivity index (χ1) is 23.0. The summed E-state index contributed by atoms with van der Waals surface area (Å²) in [6.07, 6.45) is 1.60. The van der Waals surface area contributed by atoms with E-state index in [-0.39, 0.29) is 34.8 Å². The lowest BCUT2D eigenvalue weighted by Gasteiger charge is -2.44. The minimum atomic E-state index is -4.72. The van der Waals surface area contributed by atoms with Crippen molar-refractivity contribution in [1.29, 1.82) is 0 Å². The highest BCUT2D eigenvalue weighted by atomic mass is 19.4. The second kappa shape index (κ2) is 13.6. The molecule has 1 aliphatic carbocycles. The van der Waals surface area contributed by atoms with Crippen LogP contribution in [0.15, 0.2) is 36.7 Å². The van der Waals surface area contributed by atoms with Crippen LogP contribution < -0.4 is 9.80 Å². The van der Waals surface area contributed by atoms with E-state index < -0.39 is 17.6 Å².